The van der Waals surface area contributed by atoms with Crippen molar-refractivity contribution in [2.24, 2.45) is 0 Å². The molecule has 2 rings (SSSR count). The van der Waals surface area contributed by atoms with E-state index in [1.807, 2.05) is 44.2 Å². The standard InChI is InChI=1S/C16H17ClN2OS/c1-10-3-4-12(17)9-15(10)19-16(20)11(2)21-14-7-5-13(18)6-8-14/h3-9,11H,18H2,1-2H3,(H,19,20). The van der Waals surface area contributed by atoms with Crippen molar-refractivity contribution in [3.63, 3.8) is 0 Å². The van der Waals surface area contributed by atoms with Crippen LogP contribution in [0.4, 0.5) is 11.4 Å². The molecule has 5 heteroatoms. The van der Waals surface area contributed by atoms with Gasteiger partial charge in [-0.15, -0.1) is 11.8 Å². The van der Waals surface area contributed by atoms with Crippen molar-refractivity contribution in [1.82, 2.24) is 0 Å². The van der Waals surface area contributed by atoms with Crippen molar-refractivity contribution in [3.8, 4) is 0 Å². The first kappa shape index (κ1) is 15.7. The van der Waals surface area contributed by atoms with Gasteiger partial charge in [0.15, 0.2) is 0 Å². The number of carbonyl (C=O) groups is 1. The number of nitrogen functional groups attached to an aromatic ring is 1. The molecule has 0 spiro atoms. The molecule has 0 aliphatic heterocycles. The molecule has 2 aromatic rings. The van der Waals surface area contributed by atoms with Crippen LogP contribution in [0.2, 0.25) is 5.02 Å². The number of amides is 1. The molecule has 110 valence electrons. The summed E-state index contributed by atoms with van der Waals surface area (Å²) in [6, 6.07) is 12.9. The maximum Gasteiger partial charge on any atom is 0.237 e. The summed E-state index contributed by atoms with van der Waals surface area (Å²) in [4.78, 5) is 13.3. The molecule has 2 aromatic carbocycles. The predicted molar refractivity (Wildman–Crippen MR) is 91.0 cm³/mol. The van der Waals surface area contributed by atoms with E-state index in [9.17, 15) is 4.79 Å². The first-order valence-corrected chi connectivity index (χ1v) is 7.80. The topological polar surface area (TPSA) is 55.1 Å². The van der Waals surface area contributed by atoms with Gasteiger partial charge in [0, 0.05) is 21.3 Å². The average Bonchev–Trinajstić information content (AvgIpc) is 2.45. The number of halogens is 1. The van der Waals surface area contributed by atoms with Gasteiger partial charge < -0.3 is 11.1 Å². The summed E-state index contributed by atoms with van der Waals surface area (Å²) in [5, 5.41) is 3.30. The van der Waals surface area contributed by atoms with E-state index >= 15 is 0 Å². The molecule has 0 aliphatic rings. The quantitative estimate of drug-likeness (QED) is 0.650. The Labute approximate surface area is 133 Å². The van der Waals surface area contributed by atoms with E-state index in [0.29, 0.717) is 10.7 Å². The fraction of sp³-hybridized carbons (Fsp3) is 0.188. The predicted octanol–water partition coefficient (Wildman–Crippen LogP) is 4.35. The summed E-state index contributed by atoms with van der Waals surface area (Å²) in [6.45, 7) is 3.81. The smallest absolute Gasteiger partial charge is 0.237 e. The van der Waals surface area contributed by atoms with Crippen molar-refractivity contribution in [2.75, 3.05) is 11.1 Å². The summed E-state index contributed by atoms with van der Waals surface area (Å²) >= 11 is 7.45. The van der Waals surface area contributed by atoms with Gasteiger partial charge in [0.1, 0.15) is 0 Å². The Morgan fingerprint density at radius 2 is 1.90 bits per heavy atom. The number of aryl methyl sites for hydroxylation is 1. The lowest BCUT2D eigenvalue weighted by molar-refractivity contribution is -0.115. The van der Waals surface area contributed by atoms with Crippen LogP contribution in [0, 0.1) is 6.92 Å². The fourth-order valence-corrected chi connectivity index (χ4v) is 2.81. The van der Waals surface area contributed by atoms with E-state index in [1.54, 1.807) is 12.1 Å². The molecule has 0 fully saturated rings. The van der Waals surface area contributed by atoms with Crippen LogP contribution in [0.25, 0.3) is 0 Å². The molecule has 0 heterocycles. The zero-order valence-electron chi connectivity index (χ0n) is 11.9. The molecule has 0 radical (unpaired) electrons. The van der Waals surface area contributed by atoms with Gasteiger partial charge in [-0.1, -0.05) is 17.7 Å². The first-order chi connectivity index (χ1) is 9.95. The third-order valence-corrected chi connectivity index (χ3v) is 4.37. The van der Waals surface area contributed by atoms with Crippen LogP contribution in [0.5, 0.6) is 0 Å². The van der Waals surface area contributed by atoms with Gasteiger partial charge in [0.25, 0.3) is 0 Å². The van der Waals surface area contributed by atoms with Gasteiger partial charge in [0.2, 0.25) is 5.91 Å². The maximum atomic E-state index is 12.2. The van der Waals surface area contributed by atoms with Crippen LogP contribution in [0.15, 0.2) is 47.4 Å². The van der Waals surface area contributed by atoms with Crippen LogP contribution in [-0.2, 0) is 4.79 Å². The van der Waals surface area contributed by atoms with Crippen LogP contribution >= 0.6 is 23.4 Å². The number of anilines is 2. The second-order valence-corrected chi connectivity index (χ2v) is 6.63. The van der Waals surface area contributed by atoms with Crippen molar-refractivity contribution >= 4 is 40.6 Å². The number of nitrogens with one attached hydrogen (secondary N) is 1. The maximum absolute atomic E-state index is 12.2. The molecule has 1 unspecified atom stereocenters. The van der Waals surface area contributed by atoms with E-state index < -0.39 is 0 Å². The van der Waals surface area contributed by atoms with Gasteiger partial charge in [-0.25, -0.2) is 0 Å². The van der Waals surface area contributed by atoms with E-state index in [2.05, 4.69) is 5.32 Å². The average molecular weight is 321 g/mol. The Hall–Kier alpha value is -1.65. The third kappa shape index (κ3) is 4.41. The highest BCUT2D eigenvalue weighted by Crippen LogP contribution is 2.26. The van der Waals surface area contributed by atoms with E-state index in [-0.39, 0.29) is 11.2 Å². The highest BCUT2D eigenvalue weighted by atomic mass is 35.5. The summed E-state index contributed by atoms with van der Waals surface area (Å²) in [6.07, 6.45) is 0. The molecule has 0 saturated carbocycles. The van der Waals surface area contributed by atoms with Crippen LogP contribution in [0.1, 0.15) is 12.5 Å². The highest BCUT2D eigenvalue weighted by molar-refractivity contribution is 8.00. The SMILES string of the molecule is Cc1ccc(Cl)cc1NC(=O)C(C)Sc1ccc(N)cc1. The minimum atomic E-state index is -0.216. The zero-order valence-corrected chi connectivity index (χ0v) is 13.5. The second kappa shape index (κ2) is 6.87. The summed E-state index contributed by atoms with van der Waals surface area (Å²) < 4.78 is 0. The molecular formula is C16H17ClN2OS. The van der Waals surface area contributed by atoms with E-state index in [4.69, 9.17) is 17.3 Å². The van der Waals surface area contributed by atoms with Crippen molar-refractivity contribution in [2.45, 2.75) is 24.0 Å². The molecule has 0 aromatic heterocycles. The molecule has 0 aliphatic carbocycles. The molecule has 21 heavy (non-hydrogen) atoms. The van der Waals surface area contributed by atoms with Gasteiger partial charge in [0.05, 0.1) is 5.25 Å². The monoisotopic (exact) mass is 320 g/mol. The number of nitrogens with two attached hydrogens (primary N) is 1. The first-order valence-electron chi connectivity index (χ1n) is 6.55. The highest BCUT2D eigenvalue weighted by Gasteiger charge is 2.15. The zero-order chi connectivity index (χ0) is 15.4. The Bertz CT molecular complexity index is 643. The number of benzene rings is 2. The molecular weight excluding hydrogens is 304 g/mol. The second-order valence-electron chi connectivity index (χ2n) is 4.78. The molecule has 3 N–H and O–H groups in total. The van der Waals surface area contributed by atoms with Crippen molar-refractivity contribution < 1.29 is 4.79 Å². The number of hydrogen-bond donors (Lipinski definition) is 2. The van der Waals surface area contributed by atoms with E-state index in [0.717, 1.165) is 16.1 Å². The van der Waals surface area contributed by atoms with Gasteiger partial charge >= 0.3 is 0 Å². The van der Waals surface area contributed by atoms with Crippen molar-refractivity contribution in [1.29, 1.82) is 0 Å². The minimum absolute atomic E-state index is 0.0535. The lowest BCUT2D eigenvalue weighted by atomic mass is 10.2. The largest absolute Gasteiger partial charge is 0.399 e. The Balaban J connectivity index is 2.02. The van der Waals surface area contributed by atoms with Gasteiger partial charge in [-0.3, -0.25) is 4.79 Å². The summed E-state index contributed by atoms with van der Waals surface area (Å²) in [5.41, 5.74) is 8.09. The van der Waals surface area contributed by atoms with Gasteiger partial charge in [-0.2, -0.15) is 0 Å². The molecule has 1 atom stereocenters. The van der Waals surface area contributed by atoms with Crippen LogP contribution in [0.3, 0.4) is 0 Å². The third-order valence-electron chi connectivity index (χ3n) is 3.02. The van der Waals surface area contributed by atoms with Crippen LogP contribution < -0.4 is 11.1 Å². The van der Waals surface area contributed by atoms with E-state index in [1.165, 1.54) is 11.8 Å². The number of carbonyl (C=O) groups excluding carboxylic acids is 1. The molecule has 1 amide bonds. The number of thioether (sulfide) groups is 1. The Kier molecular flexibility index (Phi) is 5.15. The lowest BCUT2D eigenvalue weighted by Gasteiger charge is -2.14. The summed E-state index contributed by atoms with van der Waals surface area (Å²) in [7, 11) is 0. The molecule has 0 saturated heterocycles. The molecule has 0 bridgehead atoms. The minimum Gasteiger partial charge on any atom is -0.399 e. The normalized spacial score (nSPS) is 12.0. The number of hydrogen-bond acceptors (Lipinski definition) is 3. The van der Waals surface area contributed by atoms with Crippen molar-refractivity contribution in [3.05, 3.63) is 53.1 Å². The fourth-order valence-electron chi connectivity index (χ4n) is 1.77. The Morgan fingerprint density at radius 1 is 1.24 bits per heavy atom. The van der Waals surface area contributed by atoms with Gasteiger partial charge in [-0.05, 0) is 55.8 Å². The lowest BCUT2D eigenvalue weighted by Crippen LogP contribution is -2.22. The Morgan fingerprint density at radius 3 is 2.57 bits per heavy atom. The summed E-state index contributed by atoms with van der Waals surface area (Å²) in [5.74, 6) is -0.0535. The number of rotatable bonds is 4. The molecule has 3 nitrogen and oxygen atoms in total. The van der Waals surface area contributed by atoms with Crippen LogP contribution in [-0.4, -0.2) is 11.2 Å².